The molecule has 0 aliphatic rings. The van der Waals surface area contributed by atoms with Crippen LogP contribution >= 0.6 is 59.1 Å². The third kappa shape index (κ3) is 2.17. The minimum atomic E-state index is 0.912. The standard InChI is InChI=1S/C7H5Br3S/c1-2-3-4-5(8)6(9)7(10)11-4/h2H,1,3H2. The Morgan fingerprint density at radius 2 is 1.91 bits per heavy atom. The van der Waals surface area contributed by atoms with Crippen molar-refractivity contribution < 1.29 is 0 Å². The maximum absolute atomic E-state index is 3.69. The molecule has 0 fully saturated rings. The second kappa shape index (κ2) is 4.21. The van der Waals surface area contributed by atoms with E-state index in [1.165, 1.54) is 4.88 Å². The zero-order valence-corrected chi connectivity index (χ0v) is 11.1. The fourth-order valence-electron chi connectivity index (χ4n) is 0.669. The van der Waals surface area contributed by atoms with Crippen LogP contribution in [0.5, 0.6) is 0 Å². The Balaban J connectivity index is 3.07. The van der Waals surface area contributed by atoms with Crippen LogP contribution < -0.4 is 0 Å². The van der Waals surface area contributed by atoms with Crippen LogP contribution in [0, 0.1) is 0 Å². The molecule has 4 heteroatoms. The van der Waals surface area contributed by atoms with E-state index in [4.69, 9.17) is 0 Å². The van der Waals surface area contributed by atoms with Gasteiger partial charge in [0, 0.05) is 15.8 Å². The van der Waals surface area contributed by atoms with Crippen LogP contribution in [0.15, 0.2) is 25.4 Å². The SMILES string of the molecule is C=CCc1sc(Br)c(Br)c1Br. The molecule has 0 aromatic carbocycles. The summed E-state index contributed by atoms with van der Waals surface area (Å²) >= 11 is 12.1. The van der Waals surface area contributed by atoms with Gasteiger partial charge in [-0.05, 0) is 47.8 Å². The topological polar surface area (TPSA) is 0 Å². The van der Waals surface area contributed by atoms with Gasteiger partial charge >= 0.3 is 0 Å². The van der Waals surface area contributed by atoms with Crippen molar-refractivity contribution in [2.45, 2.75) is 6.42 Å². The van der Waals surface area contributed by atoms with E-state index >= 15 is 0 Å². The highest BCUT2D eigenvalue weighted by atomic mass is 79.9. The first-order chi connectivity index (χ1) is 5.16. The molecule has 0 spiro atoms. The van der Waals surface area contributed by atoms with E-state index in [-0.39, 0.29) is 0 Å². The summed E-state index contributed by atoms with van der Waals surface area (Å²) in [5.41, 5.74) is 0. The van der Waals surface area contributed by atoms with Gasteiger partial charge in [-0.1, -0.05) is 6.08 Å². The lowest BCUT2D eigenvalue weighted by Gasteiger charge is -1.89. The molecule has 0 amide bonds. The second-order valence-corrected chi connectivity index (χ2v) is 5.93. The molecule has 0 saturated heterocycles. The predicted octanol–water partition coefficient (Wildman–Crippen LogP) is 4.76. The minimum absolute atomic E-state index is 0.912. The van der Waals surface area contributed by atoms with E-state index in [1.807, 2.05) is 6.08 Å². The largest absolute Gasteiger partial charge is 0.131 e. The molecule has 1 rings (SSSR count). The van der Waals surface area contributed by atoms with Crippen LogP contribution in [0.25, 0.3) is 0 Å². The summed E-state index contributed by atoms with van der Waals surface area (Å²) in [5.74, 6) is 0. The Labute approximate surface area is 95.1 Å². The van der Waals surface area contributed by atoms with Gasteiger partial charge in [0.2, 0.25) is 0 Å². The van der Waals surface area contributed by atoms with E-state index in [9.17, 15) is 0 Å². The van der Waals surface area contributed by atoms with Crippen LogP contribution in [0.4, 0.5) is 0 Å². The molecular weight excluding hydrogens is 356 g/mol. The smallest absolute Gasteiger partial charge is 0.0855 e. The Hall–Kier alpha value is 0.880. The van der Waals surface area contributed by atoms with E-state index in [0.717, 1.165) is 19.2 Å². The van der Waals surface area contributed by atoms with Crippen LogP contribution in [-0.2, 0) is 6.42 Å². The summed E-state index contributed by atoms with van der Waals surface area (Å²) in [5, 5.41) is 0. The maximum atomic E-state index is 3.69. The van der Waals surface area contributed by atoms with Crippen molar-refractivity contribution in [3.8, 4) is 0 Å². The molecule has 0 nitrogen and oxygen atoms in total. The molecule has 0 N–H and O–H groups in total. The lowest BCUT2D eigenvalue weighted by Crippen LogP contribution is -1.72. The van der Waals surface area contributed by atoms with E-state index < -0.39 is 0 Å². The Kier molecular flexibility index (Phi) is 3.81. The monoisotopic (exact) mass is 358 g/mol. The Bertz CT molecular complexity index is 277. The first kappa shape index (κ1) is 9.96. The molecule has 1 aromatic rings. The average Bonchev–Trinajstić information content (AvgIpc) is 2.19. The molecule has 0 bridgehead atoms. The molecule has 60 valence electrons. The molecule has 0 saturated carbocycles. The molecule has 1 aromatic heterocycles. The third-order valence-electron chi connectivity index (χ3n) is 1.15. The highest BCUT2D eigenvalue weighted by Crippen LogP contribution is 2.41. The summed E-state index contributed by atoms with van der Waals surface area (Å²) in [7, 11) is 0. The number of hydrogen-bond donors (Lipinski definition) is 0. The molecule has 0 unspecified atom stereocenters. The van der Waals surface area contributed by atoms with Crippen molar-refractivity contribution in [2.75, 3.05) is 0 Å². The van der Waals surface area contributed by atoms with Gasteiger partial charge in [-0.25, -0.2) is 0 Å². The van der Waals surface area contributed by atoms with E-state index in [0.29, 0.717) is 0 Å². The third-order valence-corrected chi connectivity index (χ3v) is 6.29. The van der Waals surface area contributed by atoms with Crippen molar-refractivity contribution in [1.29, 1.82) is 0 Å². The molecular formula is C7H5Br3S. The van der Waals surface area contributed by atoms with Crippen molar-refractivity contribution in [1.82, 2.24) is 0 Å². The van der Waals surface area contributed by atoms with Gasteiger partial charge in [-0.3, -0.25) is 0 Å². The van der Waals surface area contributed by atoms with Crippen LogP contribution in [0.1, 0.15) is 4.88 Å². The van der Waals surface area contributed by atoms with Gasteiger partial charge in [0.05, 0.1) is 8.26 Å². The lowest BCUT2D eigenvalue weighted by molar-refractivity contribution is 1.33. The lowest BCUT2D eigenvalue weighted by atomic mass is 10.3. The van der Waals surface area contributed by atoms with Crippen molar-refractivity contribution in [3.63, 3.8) is 0 Å². The van der Waals surface area contributed by atoms with Gasteiger partial charge in [-0.2, -0.15) is 0 Å². The van der Waals surface area contributed by atoms with Crippen molar-refractivity contribution in [2.24, 2.45) is 0 Å². The van der Waals surface area contributed by atoms with Crippen molar-refractivity contribution >= 4 is 59.1 Å². The number of thiophene rings is 1. The first-order valence-electron chi connectivity index (χ1n) is 2.90. The second-order valence-electron chi connectivity index (χ2n) is 1.92. The average molecular weight is 361 g/mol. The highest BCUT2D eigenvalue weighted by molar-refractivity contribution is 9.14. The molecule has 1 heterocycles. The first-order valence-corrected chi connectivity index (χ1v) is 6.09. The summed E-state index contributed by atoms with van der Waals surface area (Å²) < 4.78 is 3.36. The van der Waals surface area contributed by atoms with Crippen LogP contribution in [-0.4, -0.2) is 0 Å². The summed E-state index contributed by atoms with van der Waals surface area (Å²) in [4.78, 5) is 1.29. The van der Waals surface area contributed by atoms with Crippen LogP contribution in [0.3, 0.4) is 0 Å². The van der Waals surface area contributed by atoms with E-state index in [2.05, 4.69) is 54.4 Å². The van der Waals surface area contributed by atoms with Gasteiger partial charge in [0.15, 0.2) is 0 Å². The number of rotatable bonds is 2. The Morgan fingerprint density at radius 3 is 2.27 bits per heavy atom. The van der Waals surface area contributed by atoms with Gasteiger partial charge < -0.3 is 0 Å². The molecule has 11 heavy (non-hydrogen) atoms. The van der Waals surface area contributed by atoms with Gasteiger partial charge in [-0.15, -0.1) is 17.9 Å². The maximum Gasteiger partial charge on any atom is 0.0855 e. The van der Waals surface area contributed by atoms with E-state index in [1.54, 1.807) is 11.3 Å². The highest BCUT2D eigenvalue weighted by Gasteiger charge is 2.10. The molecule has 0 radical (unpaired) electrons. The fraction of sp³-hybridized carbons (Fsp3) is 0.143. The Morgan fingerprint density at radius 1 is 1.27 bits per heavy atom. The summed E-state index contributed by atoms with van der Waals surface area (Å²) in [6, 6.07) is 0. The number of halogens is 3. The van der Waals surface area contributed by atoms with Crippen molar-refractivity contribution in [3.05, 3.63) is 30.3 Å². The molecule has 0 aliphatic carbocycles. The number of allylic oxidation sites excluding steroid dienone is 1. The summed E-state index contributed by atoms with van der Waals surface area (Å²) in [6.07, 6.45) is 2.81. The number of hydrogen-bond acceptors (Lipinski definition) is 1. The normalized spacial score (nSPS) is 10.1. The minimum Gasteiger partial charge on any atom is -0.131 e. The quantitative estimate of drug-likeness (QED) is 0.667. The molecule has 0 aliphatic heterocycles. The van der Waals surface area contributed by atoms with Gasteiger partial charge in [0.1, 0.15) is 0 Å². The predicted molar refractivity (Wildman–Crippen MR) is 61.3 cm³/mol. The van der Waals surface area contributed by atoms with Gasteiger partial charge in [0.25, 0.3) is 0 Å². The summed E-state index contributed by atoms with van der Waals surface area (Å²) in [6.45, 7) is 3.69. The molecule has 0 atom stereocenters. The zero-order chi connectivity index (χ0) is 8.43. The zero-order valence-electron chi connectivity index (χ0n) is 5.53. The van der Waals surface area contributed by atoms with Crippen LogP contribution in [0.2, 0.25) is 0 Å². The fourth-order valence-corrected chi connectivity index (χ4v) is 3.87.